The molecule has 0 aliphatic carbocycles. The lowest BCUT2D eigenvalue weighted by Crippen LogP contribution is -2.33. The van der Waals surface area contributed by atoms with E-state index >= 15 is 0 Å². The number of hydrogen-bond acceptors (Lipinski definition) is 14. The number of fused-ring (bicyclic) bond motifs is 2. The van der Waals surface area contributed by atoms with Crippen LogP contribution in [-0.2, 0) is 64.9 Å². The molecule has 2 aliphatic rings. The van der Waals surface area contributed by atoms with Crippen molar-refractivity contribution in [3.63, 3.8) is 0 Å². The maximum absolute atomic E-state index is 12.3. The lowest BCUT2D eigenvalue weighted by molar-refractivity contribution is -0.437. The van der Waals surface area contributed by atoms with E-state index in [1.54, 1.807) is 25.3 Å². The SMILES string of the molecule is COCCOCCC1(C)C(=CC=CC2=[N+](CCCS(=O)(=O)O)c3ccc(S(=O)(=O)[O-])cc3C2(C)CCOCCOC)N(CCCCCC(=O)O)c2ccc(S(=O)(=O)[O-])cc21. The fourth-order valence-corrected chi connectivity index (χ4v) is 9.27. The molecule has 2 atom stereocenters. The Morgan fingerprint density at radius 2 is 1.37 bits per heavy atom. The van der Waals surface area contributed by atoms with Crippen LogP contribution in [0.1, 0.15) is 69.9 Å². The number of rotatable bonds is 26. The smallest absolute Gasteiger partial charge is 0.303 e. The van der Waals surface area contributed by atoms with Crippen LogP contribution >= 0.6 is 0 Å². The van der Waals surface area contributed by atoms with Gasteiger partial charge in [-0.3, -0.25) is 9.35 Å². The van der Waals surface area contributed by atoms with Gasteiger partial charge in [0.25, 0.3) is 10.1 Å². The quantitative estimate of drug-likeness (QED) is 0.0766. The van der Waals surface area contributed by atoms with Crippen molar-refractivity contribution in [2.75, 3.05) is 77.6 Å². The first-order valence-electron chi connectivity index (χ1n) is 19.5. The number of carbonyl (C=O) groups is 1. The number of ether oxygens (including phenoxy) is 4. The van der Waals surface area contributed by atoms with Crippen LogP contribution in [0.4, 0.5) is 11.4 Å². The highest BCUT2D eigenvalue weighted by atomic mass is 32.2. The first-order chi connectivity index (χ1) is 28.2. The number of anilines is 1. The summed E-state index contributed by atoms with van der Waals surface area (Å²) < 4.78 is 130. The van der Waals surface area contributed by atoms with Gasteiger partial charge in [-0.2, -0.15) is 13.0 Å². The summed E-state index contributed by atoms with van der Waals surface area (Å²) in [6, 6.07) is 8.26. The summed E-state index contributed by atoms with van der Waals surface area (Å²) in [5.41, 5.74) is 1.70. The van der Waals surface area contributed by atoms with Crippen LogP contribution in [0.15, 0.2) is 70.1 Å². The van der Waals surface area contributed by atoms with Gasteiger partial charge in [0.05, 0.1) is 47.4 Å². The molecule has 2 heterocycles. The Bertz CT molecular complexity index is 2270. The molecule has 0 spiro atoms. The molecule has 60 heavy (non-hydrogen) atoms. The van der Waals surface area contributed by atoms with Gasteiger partial charge in [-0.05, 0) is 81.5 Å². The largest absolute Gasteiger partial charge is 0.744 e. The van der Waals surface area contributed by atoms with Crippen LogP contribution in [0.2, 0.25) is 0 Å². The predicted octanol–water partition coefficient (Wildman–Crippen LogP) is 4.10. The van der Waals surface area contributed by atoms with Crippen LogP contribution in [-0.4, -0.2) is 133 Å². The third kappa shape index (κ3) is 12.5. The average Bonchev–Trinajstić information content (AvgIpc) is 3.53. The molecule has 334 valence electrons. The van der Waals surface area contributed by atoms with Crippen molar-refractivity contribution >= 4 is 53.4 Å². The van der Waals surface area contributed by atoms with E-state index in [1.807, 2.05) is 29.4 Å². The normalized spacial score (nSPS) is 20.1. The van der Waals surface area contributed by atoms with Gasteiger partial charge in [-0.1, -0.05) is 12.5 Å². The number of aliphatic carboxylic acids is 1. The van der Waals surface area contributed by atoms with Gasteiger partial charge >= 0.3 is 5.97 Å². The molecule has 2 N–H and O–H groups in total. The molecule has 0 radical (unpaired) electrons. The molecule has 0 aromatic heterocycles. The van der Waals surface area contributed by atoms with Crippen molar-refractivity contribution < 1.29 is 72.3 Å². The average molecular weight is 900 g/mol. The van der Waals surface area contributed by atoms with Gasteiger partial charge in [0.2, 0.25) is 5.69 Å². The first-order valence-corrected chi connectivity index (χ1v) is 23.9. The third-order valence-corrected chi connectivity index (χ3v) is 13.4. The molecule has 2 unspecified atom stereocenters. The van der Waals surface area contributed by atoms with Crippen LogP contribution < -0.4 is 4.90 Å². The Balaban J connectivity index is 1.90. The van der Waals surface area contributed by atoms with E-state index in [4.69, 9.17) is 18.9 Å². The van der Waals surface area contributed by atoms with Gasteiger partial charge in [0.1, 0.15) is 26.8 Å². The molecule has 2 aliphatic heterocycles. The molecule has 0 saturated carbocycles. The van der Waals surface area contributed by atoms with Gasteiger partial charge in [-0.15, -0.1) is 0 Å². The maximum atomic E-state index is 12.3. The topological polar surface area (TPSA) is 249 Å². The van der Waals surface area contributed by atoms with Crippen LogP contribution in [0.3, 0.4) is 0 Å². The lowest BCUT2D eigenvalue weighted by Gasteiger charge is -2.30. The number of unbranched alkanes of at least 4 members (excludes halogenated alkanes) is 2. The number of methoxy groups -OCH3 is 2. The van der Waals surface area contributed by atoms with E-state index < -0.39 is 62.7 Å². The van der Waals surface area contributed by atoms with E-state index in [2.05, 4.69) is 0 Å². The highest BCUT2D eigenvalue weighted by Crippen LogP contribution is 2.51. The summed E-state index contributed by atoms with van der Waals surface area (Å²) in [5, 5.41) is 9.19. The zero-order valence-corrected chi connectivity index (χ0v) is 36.8. The highest BCUT2D eigenvalue weighted by molar-refractivity contribution is 7.86. The van der Waals surface area contributed by atoms with Gasteiger partial charge in [0, 0.05) is 81.3 Å². The number of allylic oxidation sites excluding steroid dienone is 4. The molecule has 0 bridgehead atoms. The zero-order valence-electron chi connectivity index (χ0n) is 34.3. The minimum absolute atomic E-state index is 0.00341. The summed E-state index contributed by atoms with van der Waals surface area (Å²) in [6.45, 7) is 5.98. The summed E-state index contributed by atoms with van der Waals surface area (Å²) in [5.74, 6) is -1.45. The summed E-state index contributed by atoms with van der Waals surface area (Å²) in [6.07, 6.45) is 7.71. The lowest BCUT2D eigenvalue weighted by atomic mass is 9.76. The van der Waals surface area contributed by atoms with Crippen LogP contribution in [0.5, 0.6) is 0 Å². The fraction of sp³-hybridized carbons (Fsp3) is 0.550. The van der Waals surface area contributed by atoms with E-state index in [0.717, 1.165) is 5.70 Å². The second kappa shape index (κ2) is 21.0. The molecule has 4 rings (SSSR count). The van der Waals surface area contributed by atoms with Gasteiger partial charge in [0.15, 0.2) is 5.71 Å². The predicted molar refractivity (Wildman–Crippen MR) is 220 cm³/mol. The van der Waals surface area contributed by atoms with Crippen molar-refractivity contribution in [2.24, 2.45) is 0 Å². The minimum atomic E-state index is -4.87. The Hall–Kier alpha value is -3.57. The molecular formula is C40H55N2O15S3-. The molecule has 0 amide bonds. The summed E-state index contributed by atoms with van der Waals surface area (Å²) >= 11 is 0. The summed E-state index contributed by atoms with van der Waals surface area (Å²) in [4.78, 5) is 12.4. The second-order valence-corrected chi connectivity index (χ2v) is 19.4. The van der Waals surface area contributed by atoms with E-state index in [0.29, 0.717) is 86.7 Å². The Labute approximate surface area is 352 Å². The molecule has 17 nitrogen and oxygen atoms in total. The second-order valence-electron chi connectivity index (χ2n) is 15.1. The first kappa shape index (κ1) is 49.1. The van der Waals surface area contributed by atoms with Crippen molar-refractivity contribution in [2.45, 2.75) is 79.4 Å². The minimum Gasteiger partial charge on any atom is -0.744 e. The number of benzene rings is 2. The third-order valence-electron chi connectivity index (χ3n) is 10.9. The summed E-state index contributed by atoms with van der Waals surface area (Å²) in [7, 11) is -10.9. The molecule has 0 saturated heterocycles. The highest BCUT2D eigenvalue weighted by Gasteiger charge is 2.48. The Morgan fingerprint density at radius 1 is 0.783 bits per heavy atom. The van der Waals surface area contributed by atoms with Gasteiger partial charge < -0.3 is 38.1 Å². The molecule has 0 fully saturated rings. The van der Waals surface area contributed by atoms with Crippen molar-refractivity contribution in [1.82, 2.24) is 0 Å². The molecule has 2 aromatic carbocycles. The van der Waals surface area contributed by atoms with Crippen LogP contribution in [0, 0.1) is 0 Å². The standard InChI is InChI=1S/C40H56N2O15S3/c1-39(17-21-56-25-23-54-3)32-28-30(59(48,49)50)13-15-34(32)41(19-7-5-6-12-38(43)44)36(39)10-8-11-37-40(2,18-22-57-26-24-55-4)33-29-31(60(51,52)53)14-16-35(33)42(37)20-9-27-58(45,46)47/h8,10-11,13-16,28-29H,5-7,9,12,17-27H2,1-4H3,(H3-,43,44,45,46,47,48,49,50,51,52,53)/p-1. The molecule has 2 aromatic rings. The van der Waals surface area contributed by atoms with E-state index in [1.165, 1.54) is 37.4 Å². The van der Waals surface area contributed by atoms with E-state index in [-0.39, 0.29) is 39.2 Å². The fourth-order valence-electron chi connectivity index (χ4n) is 7.78. The number of carboxylic acids is 1. The maximum Gasteiger partial charge on any atom is 0.303 e. The molecular weight excluding hydrogens is 845 g/mol. The Kier molecular flexibility index (Phi) is 17.2. The number of hydrogen-bond donors (Lipinski definition) is 2. The zero-order chi connectivity index (χ0) is 44.4. The Morgan fingerprint density at radius 3 is 1.93 bits per heavy atom. The van der Waals surface area contributed by atoms with Crippen molar-refractivity contribution in [3.05, 3.63) is 71.5 Å². The number of carboxylic acid groups (broad SMARTS) is 1. The monoisotopic (exact) mass is 899 g/mol. The van der Waals surface area contributed by atoms with Crippen LogP contribution in [0.25, 0.3) is 0 Å². The molecule has 20 heteroatoms. The number of nitrogens with zero attached hydrogens (tertiary/aromatic N) is 2. The van der Waals surface area contributed by atoms with Crippen molar-refractivity contribution in [1.29, 1.82) is 0 Å². The van der Waals surface area contributed by atoms with Gasteiger partial charge in [-0.25, -0.2) is 16.8 Å². The van der Waals surface area contributed by atoms with Crippen molar-refractivity contribution in [3.8, 4) is 0 Å². The van der Waals surface area contributed by atoms with E-state index in [9.17, 15) is 48.8 Å².